The Hall–Kier alpha value is -2.98. The molecule has 3 rings (SSSR count). The molecule has 4 N–H and O–H groups in total. The molecule has 0 aliphatic heterocycles. The van der Waals surface area contributed by atoms with Gasteiger partial charge in [-0.2, -0.15) is 4.98 Å². The van der Waals surface area contributed by atoms with Gasteiger partial charge in [-0.15, -0.1) is 0 Å². The first-order chi connectivity index (χ1) is 14.1. The summed E-state index contributed by atoms with van der Waals surface area (Å²) in [5.41, 5.74) is 8.58. The van der Waals surface area contributed by atoms with Gasteiger partial charge >= 0.3 is 0 Å². The fourth-order valence-electron chi connectivity index (χ4n) is 2.87. The van der Waals surface area contributed by atoms with Crippen molar-refractivity contribution in [1.82, 2.24) is 9.97 Å². The highest BCUT2D eigenvalue weighted by atomic mass is 79.9. The zero-order valence-electron chi connectivity index (χ0n) is 16.5. The van der Waals surface area contributed by atoms with Gasteiger partial charge < -0.3 is 16.4 Å². The van der Waals surface area contributed by atoms with Gasteiger partial charge in [-0.25, -0.2) is 13.4 Å². The van der Waals surface area contributed by atoms with Crippen LogP contribution in [0.4, 0.5) is 23.1 Å². The Labute approximate surface area is 183 Å². The van der Waals surface area contributed by atoms with Crippen LogP contribution in [0, 0.1) is 13.8 Å². The molecule has 0 fully saturated rings. The number of nitrogens with two attached hydrogens (primary N) is 1. The number of rotatable bonds is 6. The molecule has 0 bridgehead atoms. The van der Waals surface area contributed by atoms with E-state index in [2.05, 4.69) is 36.5 Å². The first kappa shape index (κ1) is 21.7. The van der Waals surface area contributed by atoms with E-state index in [1.165, 1.54) is 6.07 Å². The van der Waals surface area contributed by atoms with E-state index in [0.29, 0.717) is 33.2 Å². The number of carbonyl (C=O) groups excluding carboxylic acids is 1. The van der Waals surface area contributed by atoms with Crippen LogP contribution in [0.2, 0.25) is 0 Å². The molecule has 0 aliphatic rings. The number of sulfone groups is 1. The summed E-state index contributed by atoms with van der Waals surface area (Å²) >= 11 is 3.40. The molecule has 10 heteroatoms. The average Bonchev–Trinajstić information content (AvgIpc) is 2.65. The number of nitrogens with one attached hydrogen (secondary N) is 2. The zero-order valence-corrected chi connectivity index (χ0v) is 18.9. The molecule has 0 unspecified atom stereocenters. The summed E-state index contributed by atoms with van der Waals surface area (Å²) in [6.07, 6.45) is 2.73. The summed E-state index contributed by atoms with van der Waals surface area (Å²) in [6.45, 7) is 3.59. The molecule has 156 valence electrons. The number of aromatic nitrogens is 2. The van der Waals surface area contributed by atoms with Crippen molar-refractivity contribution >= 4 is 54.8 Å². The van der Waals surface area contributed by atoms with Gasteiger partial charge in [-0.1, -0.05) is 12.1 Å². The highest BCUT2D eigenvalue weighted by molar-refractivity contribution is 9.10. The first-order valence-electron chi connectivity index (χ1n) is 8.83. The predicted octanol–water partition coefficient (Wildman–Crippen LogP) is 3.85. The highest BCUT2D eigenvalue weighted by Crippen LogP contribution is 2.29. The molecule has 1 aromatic heterocycles. The molecule has 0 saturated carbocycles. The topological polar surface area (TPSA) is 127 Å². The lowest BCUT2D eigenvalue weighted by molar-refractivity contribution is 0.100. The van der Waals surface area contributed by atoms with Crippen LogP contribution in [-0.2, 0) is 9.84 Å². The Balaban J connectivity index is 1.92. The fraction of sp³-hybridized carbons (Fsp3) is 0.150. The third kappa shape index (κ3) is 4.77. The van der Waals surface area contributed by atoms with Crippen LogP contribution in [0.1, 0.15) is 21.5 Å². The minimum atomic E-state index is -3.29. The number of amides is 1. The summed E-state index contributed by atoms with van der Waals surface area (Å²) in [5.74, 6) is 0.191. The largest absolute Gasteiger partial charge is 0.366 e. The van der Waals surface area contributed by atoms with Crippen molar-refractivity contribution < 1.29 is 13.2 Å². The van der Waals surface area contributed by atoms with E-state index in [0.717, 1.165) is 17.4 Å². The highest BCUT2D eigenvalue weighted by Gasteiger charge is 2.14. The van der Waals surface area contributed by atoms with E-state index in [1.54, 1.807) is 44.3 Å². The van der Waals surface area contributed by atoms with E-state index in [-0.39, 0.29) is 4.90 Å². The van der Waals surface area contributed by atoms with Crippen LogP contribution < -0.4 is 16.4 Å². The molecule has 3 aromatic rings. The minimum absolute atomic E-state index is 0.239. The molecule has 0 spiro atoms. The second-order valence-corrected chi connectivity index (χ2v) is 9.62. The normalized spacial score (nSPS) is 11.2. The van der Waals surface area contributed by atoms with Crippen molar-refractivity contribution in [2.24, 2.45) is 5.73 Å². The molecule has 1 heterocycles. The van der Waals surface area contributed by atoms with Gasteiger partial charge in [0, 0.05) is 18.1 Å². The zero-order chi connectivity index (χ0) is 22.1. The number of carbonyl (C=O) groups is 1. The summed E-state index contributed by atoms with van der Waals surface area (Å²) in [7, 11) is -3.29. The molecular formula is C20H20BrN5O3S. The number of anilines is 4. The smallest absolute Gasteiger partial charge is 0.251 e. The van der Waals surface area contributed by atoms with E-state index >= 15 is 0 Å². The van der Waals surface area contributed by atoms with Crippen LogP contribution in [0.25, 0.3) is 0 Å². The first-order valence-corrected chi connectivity index (χ1v) is 11.5. The molecule has 0 saturated heterocycles. The standard InChI is InChI=1S/C20H20BrN5O3S/c1-11-5-4-6-16(17(11)18(22)27)24-19-14(21)10-23-20(26-19)25-15-8-7-13(9-12(15)2)30(3,28)29/h4-10H,1-3H3,(H2,22,27)(H2,23,24,25,26). The third-order valence-electron chi connectivity index (χ3n) is 4.39. The van der Waals surface area contributed by atoms with Crippen molar-refractivity contribution in [3.8, 4) is 0 Å². The predicted molar refractivity (Wildman–Crippen MR) is 120 cm³/mol. The molecule has 8 nitrogen and oxygen atoms in total. The van der Waals surface area contributed by atoms with Gasteiger partial charge in [0.25, 0.3) is 5.91 Å². The Morgan fingerprint density at radius 1 is 1.07 bits per heavy atom. The number of primary amides is 1. The Morgan fingerprint density at radius 2 is 1.80 bits per heavy atom. The van der Waals surface area contributed by atoms with Gasteiger partial charge in [0.15, 0.2) is 9.84 Å². The third-order valence-corrected chi connectivity index (χ3v) is 6.08. The van der Waals surface area contributed by atoms with Gasteiger partial charge in [-0.05, 0) is 65.2 Å². The van der Waals surface area contributed by atoms with E-state index < -0.39 is 15.7 Å². The van der Waals surface area contributed by atoms with Crippen molar-refractivity contribution in [1.29, 1.82) is 0 Å². The molecular weight excluding hydrogens is 470 g/mol. The van der Waals surface area contributed by atoms with Crippen molar-refractivity contribution in [3.63, 3.8) is 0 Å². The molecule has 30 heavy (non-hydrogen) atoms. The Kier molecular flexibility index (Phi) is 6.09. The van der Waals surface area contributed by atoms with Gasteiger partial charge in [-0.3, -0.25) is 4.79 Å². The van der Waals surface area contributed by atoms with Crippen LogP contribution in [-0.4, -0.2) is 30.5 Å². The van der Waals surface area contributed by atoms with E-state index in [9.17, 15) is 13.2 Å². The second kappa shape index (κ2) is 8.41. The van der Waals surface area contributed by atoms with Crippen LogP contribution >= 0.6 is 15.9 Å². The average molecular weight is 490 g/mol. The van der Waals surface area contributed by atoms with Crippen molar-refractivity contribution in [2.75, 3.05) is 16.9 Å². The Bertz CT molecular complexity index is 1250. The Morgan fingerprint density at radius 3 is 2.43 bits per heavy atom. The maximum Gasteiger partial charge on any atom is 0.251 e. The molecule has 0 radical (unpaired) electrons. The number of hydrogen-bond acceptors (Lipinski definition) is 7. The molecule has 0 aliphatic carbocycles. The van der Waals surface area contributed by atoms with Gasteiger partial charge in [0.05, 0.1) is 20.6 Å². The van der Waals surface area contributed by atoms with Crippen LogP contribution in [0.15, 0.2) is 52.0 Å². The van der Waals surface area contributed by atoms with Gasteiger partial charge in [0.1, 0.15) is 5.82 Å². The molecule has 2 aromatic carbocycles. The number of aryl methyl sites for hydroxylation is 2. The number of hydrogen-bond donors (Lipinski definition) is 3. The molecule has 0 atom stereocenters. The lowest BCUT2D eigenvalue weighted by atomic mass is 10.1. The van der Waals surface area contributed by atoms with E-state index in [1.807, 2.05) is 6.07 Å². The molecule has 1 amide bonds. The van der Waals surface area contributed by atoms with Crippen molar-refractivity contribution in [3.05, 3.63) is 63.8 Å². The fourth-order valence-corrected chi connectivity index (χ4v) is 3.87. The minimum Gasteiger partial charge on any atom is -0.366 e. The maximum absolute atomic E-state index is 11.8. The second-order valence-electron chi connectivity index (χ2n) is 6.75. The number of halogens is 1. The van der Waals surface area contributed by atoms with Crippen molar-refractivity contribution in [2.45, 2.75) is 18.7 Å². The summed E-state index contributed by atoms with van der Waals surface area (Å²) in [5, 5.41) is 6.20. The van der Waals surface area contributed by atoms with Gasteiger partial charge in [0.2, 0.25) is 5.95 Å². The monoisotopic (exact) mass is 489 g/mol. The lowest BCUT2D eigenvalue weighted by Gasteiger charge is -2.14. The summed E-state index contributed by atoms with van der Waals surface area (Å²) in [4.78, 5) is 20.8. The number of nitrogens with zero attached hydrogens (tertiary/aromatic N) is 2. The summed E-state index contributed by atoms with van der Waals surface area (Å²) < 4.78 is 24.0. The summed E-state index contributed by atoms with van der Waals surface area (Å²) in [6, 6.07) is 10.1. The maximum atomic E-state index is 11.8. The SMILES string of the molecule is Cc1cc(S(C)(=O)=O)ccc1Nc1ncc(Br)c(Nc2cccc(C)c2C(N)=O)n1. The van der Waals surface area contributed by atoms with Crippen LogP contribution in [0.3, 0.4) is 0 Å². The van der Waals surface area contributed by atoms with E-state index in [4.69, 9.17) is 5.73 Å². The quantitative estimate of drug-likeness (QED) is 0.479. The number of benzene rings is 2. The van der Waals surface area contributed by atoms with Crippen LogP contribution in [0.5, 0.6) is 0 Å². The lowest BCUT2D eigenvalue weighted by Crippen LogP contribution is -2.15.